The Bertz CT molecular complexity index is 436. The van der Waals surface area contributed by atoms with E-state index in [4.69, 9.17) is 11.8 Å². The molecule has 0 fully saturated rings. The van der Waals surface area contributed by atoms with Gasteiger partial charge in [-0.2, -0.15) is 0 Å². The van der Waals surface area contributed by atoms with Crippen molar-refractivity contribution in [3.8, 4) is 0 Å². The van der Waals surface area contributed by atoms with Gasteiger partial charge in [0.1, 0.15) is 0 Å². The second-order valence-electron chi connectivity index (χ2n) is 3.44. The van der Waals surface area contributed by atoms with Crippen LogP contribution in [0.5, 0.6) is 0 Å². The van der Waals surface area contributed by atoms with Crippen LogP contribution in [-0.4, -0.2) is 23.2 Å². The average molecular weight is 320 g/mol. The number of rotatable bonds is 7. The molecule has 7 heteroatoms. The van der Waals surface area contributed by atoms with E-state index >= 15 is 0 Å². The first-order valence-electron chi connectivity index (χ1n) is 5.49. The van der Waals surface area contributed by atoms with Crippen LogP contribution in [0.25, 0.3) is 0 Å². The molecular formula is C11H17N2OPS3. The third-order valence-electron chi connectivity index (χ3n) is 1.99. The van der Waals surface area contributed by atoms with Crippen LogP contribution < -0.4 is 5.32 Å². The number of benzene rings is 1. The predicted molar refractivity (Wildman–Crippen MR) is 89.6 cm³/mol. The normalized spacial score (nSPS) is 14.6. The second-order valence-corrected chi connectivity index (χ2v) is 10.7. The first kappa shape index (κ1) is 16.1. The van der Waals surface area contributed by atoms with Crippen molar-refractivity contribution in [3.05, 3.63) is 24.3 Å². The Labute approximate surface area is 122 Å². The van der Waals surface area contributed by atoms with Gasteiger partial charge in [0.25, 0.3) is 0 Å². The maximum atomic E-state index is 9.85. The van der Waals surface area contributed by atoms with E-state index < -0.39 is 5.62 Å². The van der Waals surface area contributed by atoms with E-state index in [-0.39, 0.29) is 0 Å². The molecule has 0 saturated carbocycles. The zero-order valence-electron chi connectivity index (χ0n) is 10.4. The van der Waals surface area contributed by atoms with Crippen molar-refractivity contribution in [3.63, 3.8) is 0 Å². The van der Waals surface area contributed by atoms with Crippen molar-refractivity contribution in [1.29, 1.82) is 0 Å². The van der Waals surface area contributed by atoms with E-state index in [1.165, 1.54) is 22.6 Å². The minimum Gasteiger partial charge on any atom is -0.346 e. The Balaban J connectivity index is 2.50. The summed E-state index contributed by atoms with van der Waals surface area (Å²) in [4.78, 5) is 11.1. The van der Waals surface area contributed by atoms with E-state index in [1.54, 1.807) is 11.8 Å². The highest BCUT2D eigenvalue weighted by Gasteiger charge is 2.09. The summed E-state index contributed by atoms with van der Waals surface area (Å²) in [6.45, 7) is 2.05. The highest BCUT2D eigenvalue weighted by atomic mass is 32.9. The first-order chi connectivity index (χ1) is 8.57. The fraction of sp³-hybridized carbons (Fsp3) is 0.364. The fourth-order valence-corrected chi connectivity index (χ4v) is 4.62. The summed E-state index contributed by atoms with van der Waals surface area (Å²) in [5.74, 6) is 0.841. The number of hydrogen-bond acceptors (Lipinski definition) is 3. The lowest BCUT2D eigenvalue weighted by Gasteiger charge is -2.08. The number of nitrogens with one attached hydrogen (secondary N) is 1. The van der Waals surface area contributed by atoms with Crippen LogP contribution in [0.3, 0.4) is 0 Å². The number of nitrogens with zero attached hydrogens (tertiary/aromatic N) is 1. The van der Waals surface area contributed by atoms with Crippen molar-refractivity contribution >= 4 is 52.6 Å². The van der Waals surface area contributed by atoms with Gasteiger partial charge >= 0.3 is 0 Å². The van der Waals surface area contributed by atoms with Crippen LogP contribution in [0.1, 0.15) is 13.3 Å². The largest absolute Gasteiger partial charge is 0.346 e. The molecule has 1 rings (SSSR count). The lowest BCUT2D eigenvalue weighted by atomic mass is 10.3. The van der Waals surface area contributed by atoms with Crippen LogP contribution in [0, 0.1) is 0 Å². The van der Waals surface area contributed by atoms with Crippen molar-refractivity contribution < 1.29 is 4.89 Å². The molecule has 1 atom stereocenters. The minimum atomic E-state index is -2.61. The Morgan fingerprint density at radius 3 is 2.67 bits per heavy atom. The van der Waals surface area contributed by atoms with Gasteiger partial charge in [-0.15, -0.1) is 11.8 Å². The van der Waals surface area contributed by atoms with E-state index in [2.05, 4.69) is 17.0 Å². The summed E-state index contributed by atoms with van der Waals surface area (Å²) in [6, 6.07) is 8.00. The smallest absolute Gasteiger partial charge is 0.230 e. The summed E-state index contributed by atoms with van der Waals surface area (Å²) in [5, 5.41) is 3.02. The standard InChI is InChI=1S/C11H17N2OPS3/c1-3-8-18-15(14,16)13-9-12-10-4-6-11(17-2)7-5-10/h4-7,9H,3,8H2,1-2H3,(H2,12,13,14,16). The number of hydrogen-bond donors (Lipinski definition) is 2. The van der Waals surface area contributed by atoms with Gasteiger partial charge in [-0.05, 0) is 48.7 Å². The van der Waals surface area contributed by atoms with Gasteiger partial charge in [-0.3, -0.25) is 0 Å². The van der Waals surface area contributed by atoms with Crippen molar-refractivity contribution in [2.75, 3.05) is 17.3 Å². The van der Waals surface area contributed by atoms with Crippen LogP contribution in [0.4, 0.5) is 5.69 Å². The minimum absolute atomic E-state index is 0.841. The van der Waals surface area contributed by atoms with Crippen molar-refractivity contribution in [2.45, 2.75) is 18.2 Å². The molecule has 2 N–H and O–H groups in total. The molecule has 0 spiro atoms. The third kappa shape index (κ3) is 6.25. The Morgan fingerprint density at radius 2 is 2.11 bits per heavy atom. The molecule has 1 aromatic carbocycles. The van der Waals surface area contributed by atoms with Gasteiger partial charge < -0.3 is 10.2 Å². The van der Waals surface area contributed by atoms with Crippen molar-refractivity contribution in [1.82, 2.24) is 0 Å². The highest BCUT2D eigenvalue weighted by molar-refractivity contribution is 8.68. The summed E-state index contributed by atoms with van der Waals surface area (Å²) in [5.41, 5.74) is -1.67. The van der Waals surface area contributed by atoms with Gasteiger partial charge in [-0.1, -0.05) is 18.3 Å². The number of thioether (sulfide) groups is 1. The zero-order chi connectivity index (χ0) is 13.4. The van der Waals surface area contributed by atoms with Crippen LogP contribution in [0.15, 0.2) is 33.9 Å². The molecule has 0 radical (unpaired) electrons. The molecule has 18 heavy (non-hydrogen) atoms. The molecule has 0 aliphatic rings. The van der Waals surface area contributed by atoms with Crippen LogP contribution in [-0.2, 0) is 11.8 Å². The zero-order valence-corrected chi connectivity index (χ0v) is 13.7. The van der Waals surface area contributed by atoms with E-state index in [0.717, 1.165) is 17.9 Å². The molecular weight excluding hydrogens is 303 g/mol. The molecule has 0 amide bonds. The Kier molecular flexibility index (Phi) is 7.34. The fourth-order valence-electron chi connectivity index (χ4n) is 1.11. The van der Waals surface area contributed by atoms with Crippen LogP contribution in [0.2, 0.25) is 0 Å². The Morgan fingerprint density at radius 1 is 1.44 bits per heavy atom. The molecule has 0 aliphatic carbocycles. The predicted octanol–water partition coefficient (Wildman–Crippen LogP) is 4.21. The summed E-state index contributed by atoms with van der Waals surface area (Å²) >= 11 is 8.11. The number of anilines is 1. The molecule has 0 heterocycles. The van der Waals surface area contributed by atoms with E-state index in [9.17, 15) is 4.89 Å². The molecule has 3 nitrogen and oxygen atoms in total. The van der Waals surface area contributed by atoms with Gasteiger partial charge in [0.05, 0.1) is 6.34 Å². The molecule has 0 aliphatic heterocycles. The van der Waals surface area contributed by atoms with Gasteiger partial charge in [0, 0.05) is 16.3 Å². The topological polar surface area (TPSA) is 44.6 Å². The average Bonchev–Trinajstić information content (AvgIpc) is 2.37. The second kappa shape index (κ2) is 8.23. The maximum absolute atomic E-state index is 9.85. The molecule has 1 unspecified atom stereocenters. The summed E-state index contributed by atoms with van der Waals surface area (Å²) in [6.07, 6.45) is 4.52. The Hall–Kier alpha value is -0.0000000000000000555. The van der Waals surface area contributed by atoms with E-state index in [1.807, 2.05) is 30.5 Å². The van der Waals surface area contributed by atoms with Crippen molar-refractivity contribution in [2.24, 2.45) is 4.76 Å². The van der Waals surface area contributed by atoms with E-state index in [0.29, 0.717) is 0 Å². The highest BCUT2D eigenvalue weighted by Crippen LogP contribution is 2.56. The molecule has 0 saturated heterocycles. The van der Waals surface area contributed by atoms with Gasteiger partial charge in [-0.25, -0.2) is 4.76 Å². The van der Waals surface area contributed by atoms with Gasteiger partial charge in [0.15, 0.2) is 0 Å². The summed E-state index contributed by atoms with van der Waals surface area (Å²) < 4.78 is 4.03. The summed E-state index contributed by atoms with van der Waals surface area (Å²) in [7, 11) is 0. The molecule has 0 bridgehead atoms. The maximum Gasteiger partial charge on any atom is 0.230 e. The lowest BCUT2D eigenvalue weighted by molar-refractivity contribution is 0.640. The molecule has 1 aromatic rings. The molecule has 100 valence electrons. The SMILES string of the molecule is CCCSP(O)(=S)/N=C/Nc1ccc(SC)cc1. The van der Waals surface area contributed by atoms with Crippen LogP contribution >= 0.6 is 28.8 Å². The van der Waals surface area contributed by atoms with Gasteiger partial charge in [0.2, 0.25) is 5.62 Å². The molecule has 0 aromatic heterocycles. The first-order valence-corrected chi connectivity index (χ1v) is 11.0. The lowest BCUT2D eigenvalue weighted by Crippen LogP contribution is -1.94. The monoisotopic (exact) mass is 320 g/mol. The third-order valence-corrected chi connectivity index (χ3v) is 7.14. The quantitative estimate of drug-likeness (QED) is 0.341.